The number of allylic oxidation sites excluding steroid dienone is 1. The lowest BCUT2D eigenvalue weighted by Gasteiger charge is -2.13. The Kier molecular flexibility index (Phi) is 6.23. The number of methoxy groups -OCH3 is 1. The van der Waals surface area contributed by atoms with Gasteiger partial charge in [-0.25, -0.2) is 4.98 Å². The molecule has 2 aliphatic carbocycles. The van der Waals surface area contributed by atoms with E-state index in [1.807, 2.05) is 30.5 Å². The zero-order chi connectivity index (χ0) is 25.3. The number of hydrogen-bond acceptors (Lipinski definition) is 4. The van der Waals surface area contributed by atoms with Crippen LogP contribution in [0.4, 0.5) is 18.9 Å². The maximum absolute atomic E-state index is 13.2. The van der Waals surface area contributed by atoms with Crippen molar-refractivity contribution in [2.45, 2.75) is 31.9 Å². The Hall–Kier alpha value is -4.12. The molecule has 0 saturated heterocycles. The summed E-state index contributed by atoms with van der Waals surface area (Å²) in [5.41, 5.74) is 4.72. The first-order chi connectivity index (χ1) is 17.3. The fourth-order valence-corrected chi connectivity index (χ4v) is 3.95. The summed E-state index contributed by atoms with van der Waals surface area (Å²) < 4.78 is 44.2. The molecule has 1 saturated carbocycles. The van der Waals surface area contributed by atoms with Crippen LogP contribution in [0, 0.1) is 17.8 Å². The number of carbonyl (C=O) groups is 1. The van der Waals surface area contributed by atoms with E-state index in [-0.39, 0.29) is 12.1 Å². The highest BCUT2D eigenvalue weighted by atomic mass is 19.4. The number of nitrogens with one attached hydrogen (secondary N) is 1. The van der Waals surface area contributed by atoms with E-state index in [9.17, 15) is 18.0 Å². The van der Waals surface area contributed by atoms with Gasteiger partial charge in [0, 0.05) is 29.7 Å². The molecule has 0 radical (unpaired) electrons. The van der Waals surface area contributed by atoms with E-state index in [0.29, 0.717) is 5.92 Å². The van der Waals surface area contributed by atoms with E-state index in [0.717, 1.165) is 59.3 Å². The normalized spacial score (nSPS) is 14.4. The number of anilines is 1. The number of amides is 1. The Labute approximate surface area is 206 Å². The van der Waals surface area contributed by atoms with Gasteiger partial charge in [0.1, 0.15) is 5.56 Å². The topological polar surface area (TPSA) is 64.1 Å². The molecule has 0 bridgehead atoms. The number of pyridine rings is 2. The highest BCUT2D eigenvalue weighted by Crippen LogP contribution is 2.36. The summed E-state index contributed by atoms with van der Waals surface area (Å²) in [6.45, 7) is 0. The quantitative estimate of drug-likeness (QED) is 0.467. The van der Waals surface area contributed by atoms with Crippen LogP contribution >= 0.6 is 0 Å². The van der Waals surface area contributed by atoms with Gasteiger partial charge in [-0.3, -0.25) is 9.78 Å². The van der Waals surface area contributed by atoms with Gasteiger partial charge >= 0.3 is 6.18 Å². The fourth-order valence-electron chi connectivity index (χ4n) is 3.95. The highest BCUT2D eigenvalue weighted by Gasteiger charge is 2.35. The largest absolute Gasteiger partial charge is 0.481 e. The van der Waals surface area contributed by atoms with Crippen molar-refractivity contribution in [2.24, 2.45) is 5.92 Å². The molecule has 3 aromatic rings. The number of hydrogen-bond donors (Lipinski definition) is 1. The van der Waals surface area contributed by atoms with Crippen LogP contribution in [0.5, 0.6) is 5.88 Å². The van der Waals surface area contributed by atoms with Crippen LogP contribution in [0.2, 0.25) is 0 Å². The van der Waals surface area contributed by atoms with E-state index in [2.05, 4.69) is 44.0 Å². The number of halogens is 3. The first-order valence-electron chi connectivity index (χ1n) is 11.5. The summed E-state index contributed by atoms with van der Waals surface area (Å²) in [5.74, 6) is 6.13. The number of fused-ring (bicyclic) bond motifs is 1. The maximum atomic E-state index is 13.2. The van der Waals surface area contributed by atoms with Crippen molar-refractivity contribution < 1.29 is 22.7 Å². The molecule has 1 fully saturated rings. The number of carbonyl (C=O) groups excluding carboxylic acids is 1. The molecule has 0 atom stereocenters. The molecule has 1 N–H and O–H groups in total. The van der Waals surface area contributed by atoms with Crippen LogP contribution in [0.1, 0.15) is 35.2 Å². The monoisotopic (exact) mass is 489 g/mol. The molecule has 0 aliphatic heterocycles. The molecule has 8 heteroatoms. The van der Waals surface area contributed by atoms with Crippen molar-refractivity contribution in [1.82, 2.24) is 9.97 Å². The van der Waals surface area contributed by atoms with Gasteiger partial charge in [0.15, 0.2) is 0 Å². The average molecular weight is 489 g/mol. The number of rotatable bonds is 5. The molecular weight excluding hydrogens is 467 g/mol. The second-order valence-electron chi connectivity index (χ2n) is 8.85. The molecule has 2 aliphatic rings. The second-order valence-corrected chi connectivity index (χ2v) is 8.85. The van der Waals surface area contributed by atoms with E-state index in [1.165, 1.54) is 12.8 Å². The molecule has 2 aromatic heterocycles. The van der Waals surface area contributed by atoms with Crippen molar-refractivity contribution >= 4 is 17.7 Å². The van der Waals surface area contributed by atoms with Gasteiger partial charge in [-0.05, 0) is 47.7 Å². The van der Waals surface area contributed by atoms with Gasteiger partial charge in [-0.1, -0.05) is 36.1 Å². The summed E-state index contributed by atoms with van der Waals surface area (Å²) in [5, 5.41) is 2.47. The van der Waals surface area contributed by atoms with Gasteiger partial charge in [0.2, 0.25) is 11.8 Å². The summed E-state index contributed by atoms with van der Waals surface area (Å²) in [7, 11) is 1.11. The number of aromatic nitrogens is 2. The molecule has 0 unspecified atom stereocenters. The van der Waals surface area contributed by atoms with Gasteiger partial charge in [-0.15, -0.1) is 0 Å². The summed E-state index contributed by atoms with van der Waals surface area (Å²) >= 11 is 0. The zero-order valence-electron chi connectivity index (χ0n) is 19.4. The minimum absolute atomic E-state index is 0.00184. The first kappa shape index (κ1) is 23.6. The molecule has 5 nitrogen and oxygen atoms in total. The van der Waals surface area contributed by atoms with Gasteiger partial charge in [-0.2, -0.15) is 13.2 Å². The minimum atomic E-state index is -4.65. The molecule has 2 heterocycles. The summed E-state index contributed by atoms with van der Waals surface area (Å²) in [6.07, 6.45) is 3.57. The van der Waals surface area contributed by atoms with Crippen LogP contribution < -0.4 is 10.1 Å². The van der Waals surface area contributed by atoms with Crippen LogP contribution in [-0.2, 0) is 23.8 Å². The Balaban J connectivity index is 1.24. The average Bonchev–Trinajstić information content (AvgIpc) is 3.59. The van der Waals surface area contributed by atoms with E-state index >= 15 is 0 Å². The molecule has 36 heavy (non-hydrogen) atoms. The van der Waals surface area contributed by atoms with Crippen molar-refractivity contribution in [1.29, 1.82) is 0 Å². The van der Waals surface area contributed by atoms with Crippen molar-refractivity contribution in [3.8, 4) is 28.8 Å². The molecule has 0 spiro atoms. The predicted octanol–water partition coefficient (Wildman–Crippen LogP) is 5.71. The lowest BCUT2D eigenvalue weighted by atomic mass is 10.0. The number of alkyl halides is 3. The standard InChI is InChI=1S/C28H22F3N3O2/c1-36-27-24(28(29,30)31)14-23(16-33-27)34-26(35)12-18-6-8-20(9-7-18)22-13-21-10-19(5-4-17-2-3-17)11-25(21)32-15-22/h6-10,13-17H,2-3,11-12H2,1H3,(H,34,35). The summed E-state index contributed by atoms with van der Waals surface area (Å²) in [4.78, 5) is 20.7. The van der Waals surface area contributed by atoms with E-state index in [1.54, 1.807) is 0 Å². The zero-order valence-corrected chi connectivity index (χ0v) is 19.4. The summed E-state index contributed by atoms with van der Waals surface area (Å²) in [6, 6.07) is 10.3. The molecule has 1 aromatic carbocycles. The Morgan fingerprint density at radius 3 is 2.58 bits per heavy atom. The number of nitrogens with zero attached hydrogens (tertiary/aromatic N) is 2. The van der Waals surface area contributed by atoms with Gasteiger partial charge in [0.05, 0.1) is 31.1 Å². The highest BCUT2D eigenvalue weighted by molar-refractivity contribution is 5.92. The first-order valence-corrected chi connectivity index (χ1v) is 11.5. The van der Waals surface area contributed by atoms with E-state index in [4.69, 9.17) is 0 Å². The van der Waals surface area contributed by atoms with Crippen molar-refractivity contribution in [2.75, 3.05) is 12.4 Å². The lowest BCUT2D eigenvalue weighted by Crippen LogP contribution is -2.16. The van der Waals surface area contributed by atoms with Crippen LogP contribution in [0.25, 0.3) is 17.2 Å². The molecule has 1 amide bonds. The lowest BCUT2D eigenvalue weighted by molar-refractivity contribution is -0.139. The fraction of sp³-hybridized carbons (Fsp3) is 0.250. The van der Waals surface area contributed by atoms with E-state index < -0.39 is 23.5 Å². The number of benzene rings is 1. The predicted molar refractivity (Wildman–Crippen MR) is 130 cm³/mol. The third kappa shape index (κ3) is 5.41. The smallest absolute Gasteiger partial charge is 0.421 e. The SMILES string of the molecule is COc1ncc(NC(=O)Cc2ccc(-c3cnc4c(c3)C=C(C#CC3CC3)C4)cc2)cc1C(F)(F)F. The van der Waals surface area contributed by atoms with Crippen LogP contribution in [-0.4, -0.2) is 23.0 Å². The van der Waals surface area contributed by atoms with Crippen molar-refractivity contribution in [3.05, 3.63) is 76.7 Å². The van der Waals surface area contributed by atoms with Crippen LogP contribution in [0.3, 0.4) is 0 Å². The van der Waals surface area contributed by atoms with Gasteiger partial charge in [0.25, 0.3) is 0 Å². The molecule has 5 rings (SSSR count). The Morgan fingerprint density at radius 1 is 1.11 bits per heavy atom. The molecular formula is C28H22F3N3O2. The maximum Gasteiger partial charge on any atom is 0.421 e. The van der Waals surface area contributed by atoms with Crippen LogP contribution in [0.15, 0.2) is 54.4 Å². The Morgan fingerprint density at radius 2 is 1.89 bits per heavy atom. The number of ether oxygens (including phenoxy) is 1. The van der Waals surface area contributed by atoms with Crippen molar-refractivity contribution in [3.63, 3.8) is 0 Å². The second kappa shape index (κ2) is 9.50. The molecule has 182 valence electrons. The Bertz CT molecular complexity index is 1410. The minimum Gasteiger partial charge on any atom is -0.481 e. The third-order valence-electron chi connectivity index (χ3n) is 5.99. The third-order valence-corrected chi connectivity index (χ3v) is 5.99. The van der Waals surface area contributed by atoms with Gasteiger partial charge < -0.3 is 10.1 Å².